The quantitative estimate of drug-likeness (QED) is 0.858. The van der Waals surface area contributed by atoms with Crippen molar-refractivity contribution in [1.82, 2.24) is 5.32 Å². The van der Waals surface area contributed by atoms with Gasteiger partial charge in [0.05, 0.1) is 6.04 Å². The molecule has 2 atom stereocenters. The second kappa shape index (κ2) is 6.07. The molecule has 0 bridgehead atoms. The topological polar surface area (TPSA) is 25.2 Å². The van der Waals surface area contributed by atoms with E-state index in [1.807, 2.05) is 26.1 Å². The number of nitrogens with one attached hydrogen (secondary N) is 1. The lowest BCUT2D eigenvalue weighted by Gasteiger charge is -2.16. The summed E-state index contributed by atoms with van der Waals surface area (Å²) < 4.78 is 5.73. The Morgan fingerprint density at radius 1 is 1.05 bits per heavy atom. The lowest BCUT2D eigenvalue weighted by atomic mass is 9.95. The van der Waals surface area contributed by atoms with Gasteiger partial charge in [0.1, 0.15) is 11.5 Å². The summed E-state index contributed by atoms with van der Waals surface area (Å²) in [5.41, 5.74) is 2.64. The Balaban J connectivity index is 2.24. The minimum atomic E-state index is 0.125. The van der Waals surface area contributed by atoms with E-state index in [4.69, 9.17) is 4.42 Å². The fourth-order valence-electron chi connectivity index (χ4n) is 2.33. The maximum Gasteiger partial charge on any atom is 0.125 e. The number of furan rings is 1. The summed E-state index contributed by atoms with van der Waals surface area (Å²) in [5, 5.41) is 3.32. The molecule has 1 aromatic heterocycles. The van der Waals surface area contributed by atoms with Crippen molar-refractivity contribution >= 4 is 0 Å². The zero-order chi connectivity index (χ0) is 13.8. The minimum absolute atomic E-state index is 0.125. The Morgan fingerprint density at radius 3 is 2.16 bits per heavy atom. The second-order valence-electron chi connectivity index (χ2n) is 5.15. The number of hydrogen-bond donors (Lipinski definition) is 1. The van der Waals surface area contributed by atoms with E-state index in [2.05, 4.69) is 43.4 Å². The molecule has 0 spiro atoms. The van der Waals surface area contributed by atoms with Crippen molar-refractivity contribution in [1.29, 1.82) is 0 Å². The Bertz CT molecular complexity index is 512. The highest BCUT2D eigenvalue weighted by molar-refractivity contribution is 5.31. The minimum Gasteiger partial charge on any atom is -0.464 e. The van der Waals surface area contributed by atoms with Crippen molar-refractivity contribution in [3.05, 3.63) is 59.0 Å². The molecule has 0 saturated carbocycles. The molecule has 1 N–H and O–H groups in total. The second-order valence-corrected chi connectivity index (χ2v) is 5.15. The third-order valence-electron chi connectivity index (χ3n) is 3.79. The van der Waals surface area contributed by atoms with Crippen LogP contribution in [0.25, 0.3) is 0 Å². The van der Waals surface area contributed by atoms with Crippen molar-refractivity contribution < 1.29 is 4.42 Å². The standard InChI is InChI=1S/C17H23NO/c1-5-12(2)14-7-9-15(10-8-14)17(18-4)16-11-6-13(3)19-16/h6-12,17-18H,5H2,1-4H3. The Morgan fingerprint density at radius 2 is 1.68 bits per heavy atom. The molecule has 1 heterocycles. The average Bonchev–Trinajstić information content (AvgIpc) is 2.86. The van der Waals surface area contributed by atoms with Gasteiger partial charge in [-0.3, -0.25) is 0 Å². The Hall–Kier alpha value is -1.54. The zero-order valence-corrected chi connectivity index (χ0v) is 12.2. The van der Waals surface area contributed by atoms with Gasteiger partial charge >= 0.3 is 0 Å². The lowest BCUT2D eigenvalue weighted by Crippen LogP contribution is -2.17. The van der Waals surface area contributed by atoms with Gasteiger partial charge in [-0.2, -0.15) is 0 Å². The van der Waals surface area contributed by atoms with Crippen molar-refractivity contribution in [2.75, 3.05) is 7.05 Å². The van der Waals surface area contributed by atoms with Gasteiger partial charge in [-0.15, -0.1) is 0 Å². The molecule has 0 amide bonds. The molecule has 2 heteroatoms. The van der Waals surface area contributed by atoms with E-state index in [1.54, 1.807) is 0 Å². The van der Waals surface area contributed by atoms with Gasteiger partial charge < -0.3 is 9.73 Å². The van der Waals surface area contributed by atoms with Crippen LogP contribution in [0.5, 0.6) is 0 Å². The summed E-state index contributed by atoms with van der Waals surface area (Å²) in [5.74, 6) is 2.54. The molecule has 0 aliphatic heterocycles. The SMILES string of the molecule is CCC(C)c1ccc(C(NC)c2ccc(C)o2)cc1. The monoisotopic (exact) mass is 257 g/mol. The van der Waals surface area contributed by atoms with Crippen LogP contribution >= 0.6 is 0 Å². The van der Waals surface area contributed by atoms with E-state index < -0.39 is 0 Å². The van der Waals surface area contributed by atoms with Crippen LogP contribution < -0.4 is 5.32 Å². The predicted octanol–water partition coefficient (Wildman–Crippen LogP) is 4.41. The molecule has 2 rings (SSSR count). The summed E-state index contributed by atoms with van der Waals surface area (Å²) >= 11 is 0. The smallest absolute Gasteiger partial charge is 0.125 e. The van der Waals surface area contributed by atoms with Crippen LogP contribution in [0.1, 0.15) is 54.9 Å². The highest BCUT2D eigenvalue weighted by Gasteiger charge is 2.15. The fourth-order valence-corrected chi connectivity index (χ4v) is 2.33. The summed E-state index contributed by atoms with van der Waals surface area (Å²) in [4.78, 5) is 0. The third kappa shape index (κ3) is 3.07. The van der Waals surface area contributed by atoms with Crippen molar-refractivity contribution in [3.8, 4) is 0 Å². The van der Waals surface area contributed by atoms with Crippen molar-refractivity contribution in [3.63, 3.8) is 0 Å². The van der Waals surface area contributed by atoms with E-state index in [0.29, 0.717) is 5.92 Å². The largest absolute Gasteiger partial charge is 0.464 e. The predicted molar refractivity (Wildman–Crippen MR) is 79.5 cm³/mol. The summed E-state index contributed by atoms with van der Waals surface area (Å²) in [7, 11) is 1.96. The normalized spacial score (nSPS) is 14.3. The average molecular weight is 257 g/mol. The maximum atomic E-state index is 5.73. The van der Waals surface area contributed by atoms with E-state index in [1.165, 1.54) is 17.5 Å². The first-order valence-electron chi connectivity index (χ1n) is 6.99. The van der Waals surface area contributed by atoms with Gasteiger partial charge in [-0.1, -0.05) is 38.1 Å². The van der Waals surface area contributed by atoms with Crippen molar-refractivity contribution in [2.45, 2.75) is 39.2 Å². The highest BCUT2D eigenvalue weighted by atomic mass is 16.3. The van der Waals surface area contributed by atoms with Crippen LogP contribution in [0.15, 0.2) is 40.8 Å². The van der Waals surface area contributed by atoms with Crippen LogP contribution in [-0.4, -0.2) is 7.05 Å². The first kappa shape index (κ1) is 13.9. The summed E-state index contributed by atoms with van der Waals surface area (Å²) in [6.45, 7) is 6.46. The molecule has 2 unspecified atom stereocenters. The van der Waals surface area contributed by atoms with Gasteiger partial charge in [-0.25, -0.2) is 0 Å². The highest BCUT2D eigenvalue weighted by Crippen LogP contribution is 2.26. The number of aryl methyl sites for hydroxylation is 1. The van der Waals surface area contributed by atoms with E-state index in [0.717, 1.165) is 11.5 Å². The van der Waals surface area contributed by atoms with E-state index >= 15 is 0 Å². The molecule has 2 nitrogen and oxygen atoms in total. The molecule has 0 radical (unpaired) electrons. The molecular formula is C17H23NO. The molecule has 2 aromatic rings. The Kier molecular flexibility index (Phi) is 4.43. The van der Waals surface area contributed by atoms with Crippen LogP contribution in [0.2, 0.25) is 0 Å². The Labute approximate surface area is 115 Å². The van der Waals surface area contributed by atoms with Crippen LogP contribution in [0.4, 0.5) is 0 Å². The fraction of sp³-hybridized carbons (Fsp3) is 0.412. The number of benzene rings is 1. The molecular weight excluding hydrogens is 234 g/mol. The van der Waals surface area contributed by atoms with Gasteiger partial charge in [0.25, 0.3) is 0 Å². The molecule has 0 saturated heterocycles. The third-order valence-corrected chi connectivity index (χ3v) is 3.79. The van der Waals surface area contributed by atoms with E-state index in [-0.39, 0.29) is 6.04 Å². The van der Waals surface area contributed by atoms with Crippen LogP contribution in [0, 0.1) is 6.92 Å². The van der Waals surface area contributed by atoms with Gasteiger partial charge in [-0.05, 0) is 49.6 Å². The summed E-state index contributed by atoms with van der Waals surface area (Å²) in [6, 6.07) is 13.0. The van der Waals surface area contributed by atoms with Crippen LogP contribution in [-0.2, 0) is 0 Å². The molecule has 0 aliphatic carbocycles. The first-order valence-corrected chi connectivity index (χ1v) is 6.99. The van der Waals surface area contributed by atoms with Gasteiger partial charge in [0.2, 0.25) is 0 Å². The lowest BCUT2D eigenvalue weighted by molar-refractivity contribution is 0.444. The molecule has 19 heavy (non-hydrogen) atoms. The number of rotatable bonds is 5. The van der Waals surface area contributed by atoms with Gasteiger partial charge in [0.15, 0.2) is 0 Å². The molecule has 1 aromatic carbocycles. The van der Waals surface area contributed by atoms with Crippen molar-refractivity contribution in [2.24, 2.45) is 0 Å². The molecule has 0 fully saturated rings. The molecule has 0 aliphatic rings. The van der Waals surface area contributed by atoms with E-state index in [9.17, 15) is 0 Å². The maximum absolute atomic E-state index is 5.73. The van der Waals surface area contributed by atoms with Gasteiger partial charge in [0, 0.05) is 0 Å². The number of hydrogen-bond acceptors (Lipinski definition) is 2. The summed E-state index contributed by atoms with van der Waals surface area (Å²) in [6.07, 6.45) is 1.17. The zero-order valence-electron chi connectivity index (χ0n) is 12.2. The first-order chi connectivity index (χ1) is 9.15. The molecule has 102 valence electrons. The van der Waals surface area contributed by atoms with Crippen LogP contribution in [0.3, 0.4) is 0 Å².